The number of aromatic nitrogens is 2. The Morgan fingerprint density at radius 1 is 1.21 bits per heavy atom. The molecule has 0 radical (unpaired) electrons. The second kappa shape index (κ2) is 7.99. The molecule has 0 bridgehead atoms. The van der Waals surface area contributed by atoms with Gasteiger partial charge in [-0.3, -0.25) is 9.48 Å². The monoisotopic (exact) mass is 388 g/mol. The van der Waals surface area contributed by atoms with Crippen molar-refractivity contribution in [2.45, 2.75) is 50.0 Å². The van der Waals surface area contributed by atoms with E-state index in [0.29, 0.717) is 18.5 Å². The van der Waals surface area contributed by atoms with Gasteiger partial charge in [-0.05, 0) is 50.4 Å². The Morgan fingerprint density at radius 3 is 2.64 bits per heavy atom. The Kier molecular flexibility index (Phi) is 5.44. The van der Waals surface area contributed by atoms with Crippen LogP contribution in [0.25, 0.3) is 0 Å². The molecule has 2 heterocycles. The predicted octanol–water partition coefficient (Wildman–Crippen LogP) is 3.33. The summed E-state index contributed by atoms with van der Waals surface area (Å²) in [4.78, 5) is 12.7. The summed E-state index contributed by atoms with van der Waals surface area (Å²) in [5, 5.41) is 10.6. The molecule has 1 saturated carbocycles. The fourth-order valence-corrected chi connectivity index (χ4v) is 4.63. The number of hydrogen-bond donors (Lipinski definition) is 2. The lowest BCUT2D eigenvalue weighted by molar-refractivity contribution is 0.0935. The molecule has 1 amide bonds. The Bertz CT molecular complexity index is 818. The third-order valence-corrected chi connectivity index (χ3v) is 6.13. The first-order valence-electron chi connectivity index (χ1n) is 10.1. The zero-order chi connectivity index (χ0) is 19.6. The van der Waals surface area contributed by atoms with Gasteiger partial charge < -0.3 is 10.6 Å². The normalized spacial score (nSPS) is 21.6. The lowest BCUT2D eigenvalue weighted by Gasteiger charge is -2.30. The van der Waals surface area contributed by atoms with Crippen LogP contribution in [-0.2, 0) is 5.41 Å². The summed E-state index contributed by atoms with van der Waals surface area (Å²) < 4.78 is 30.7. The van der Waals surface area contributed by atoms with Gasteiger partial charge in [0.25, 0.3) is 5.91 Å². The van der Waals surface area contributed by atoms with E-state index >= 15 is 0 Å². The average molecular weight is 388 g/mol. The summed E-state index contributed by atoms with van der Waals surface area (Å²) in [5.41, 5.74) is -0.250. The lowest BCUT2D eigenvalue weighted by Crippen LogP contribution is -2.40. The predicted molar refractivity (Wildman–Crippen MR) is 102 cm³/mol. The van der Waals surface area contributed by atoms with E-state index in [1.54, 1.807) is 6.07 Å². The van der Waals surface area contributed by atoms with Crippen LogP contribution < -0.4 is 10.6 Å². The fraction of sp³-hybridized carbons (Fsp3) is 0.524. The Morgan fingerprint density at radius 2 is 1.96 bits per heavy atom. The standard InChI is InChI=1S/C21H26F2N4O/c22-16-6-3-7-17(23)19(16)21(9-1-2-10-21)14-25-20(28)18-8-12-27(26-18)15-5-4-11-24-13-15/h3,6-8,12,15,24H,1-2,4-5,9-11,13-14H2,(H,25,28). The first kappa shape index (κ1) is 19.1. The maximum Gasteiger partial charge on any atom is 0.271 e. The summed E-state index contributed by atoms with van der Waals surface area (Å²) in [6.07, 6.45) is 7.06. The Hall–Kier alpha value is -2.28. The number of carbonyl (C=O) groups excluding carboxylic acids is 1. The van der Waals surface area contributed by atoms with Crippen molar-refractivity contribution in [3.63, 3.8) is 0 Å². The van der Waals surface area contributed by atoms with Crippen LogP contribution in [0.3, 0.4) is 0 Å². The number of nitrogens with one attached hydrogen (secondary N) is 2. The number of carbonyl (C=O) groups is 1. The maximum atomic E-state index is 14.4. The molecule has 1 aliphatic carbocycles. The average Bonchev–Trinajstić information content (AvgIpc) is 3.37. The minimum absolute atomic E-state index is 0.103. The molecule has 5 nitrogen and oxygen atoms in total. The van der Waals surface area contributed by atoms with Gasteiger partial charge in [0.15, 0.2) is 0 Å². The summed E-state index contributed by atoms with van der Waals surface area (Å²) in [5.74, 6) is -1.37. The zero-order valence-corrected chi connectivity index (χ0v) is 15.9. The first-order chi connectivity index (χ1) is 13.6. The number of rotatable bonds is 5. The van der Waals surface area contributed by atoms with E-state index < -0.39 is 17.0 Å². The number of nitrogens with zero attached hydrogens (tertiary/aromatic N) is 2. The highest BCUT2D eigenvalue weighted by Crippen LogP contribution is 2.42. The van der Waals surface area contributed by atoms with Crippen molar-refractivity contribution in [1.82, 2.24) is 20.4 Å². The van der Waals surface area contributed by atoms with Crippen LogP contribution in [0, 0.1) is 11.6 Å². The number of hydrogen-bond acceptors (Lipinski definition) is 3. The van der Waals surface area contributed by atoms with E-state index in [1.807, 2.05) is 10.9 Å². The van der Waals surface area contributed by atoms with Gasteiger partial charge in [-0.1, -0.05) is 18.9 Å². The third kappa shape index (κ3) is 3.68. The van der Waals surface area contributed by atoms with Crippen molar-refractivity contribution in [1.29, 1.82) is 0 Å². The van der Waals surface area contributed by atoms with Gasteiger partial charge in [0.05, 0.1) is 6.04 Å². The van der Waals surface area contributed by atoms with Gasteiger partial charge in [0.1, 0.15) is 17.3 Å². The molecule has 1 atom stereocenters. The molecule has 1 aromatic carbocycles. The van der Waals surface area contributed by atoms with Gasteiger partial charge in [-0.2, -0.15) is 5.10 Å². The van der Waals surface area contributed by atoms with E-state index in [4.69, 9.17) is 0 Å². The molecule has 7 heteroatoms. The highest BCUT2D eigenvalue weighted by atomic mass is 19.1. The van der Waals surface area contributed by atoms with Gasteiger partial charge in [0.2, 0.25) is 0 Å². The van der Waals surface area contributed by atoms with Crippen molar-refractivity contribution in [3.05, 3.63) is 53.4 Å². The lowest BCUT2D eigenvalue weighted by atomic mass is 9.78. The first-order valence-corrected chi connectivity index (χ1v) is 10.1. The number of halogens is 2. The van der Waals surface area contributed by atoms with Gasteiger partial charge in [-0.25, -0.2) is 8.78 Å². The molecule has 1 aliphatic heterocycles. The third-order valence-electron chi connectivity index (χ3n) is 6.13. The topological polar surface area (TPSA) is 59.0 Å². The summed E-state index contributed by atoms with van der Waals surface area (Å²) in [7, 11) is 0. The van der Waals surface area contributed by atoms with Crippen molar-refractivity contribution in [2.75, 3.05) is 19.6 Å². The Labute approximate surface area is 163 Å². The van der Waals surface area contributed by atoms with Crippen molar-refractivity contribution < 1.29 is 13.6 Å². The number of amides is 1. The molecule has 1 unspecified atom stereocenters. The van der Waals surface area contributed by atoms with Gasteiger partial charge in [-0.15, -0.1) is 0 Å². The Balaban J connectivity index is 1.48. The van der Waals surface area contributed by atoms with E-state index in [-0.39, 0.29) is 24.1 Å². The van der Waals surface area contributed by atoms with Crippen LogP contribution in [0.1, 0.15) is 60.6 Å². The molecule has 2 N–H and O–H groups in total. The second-order valence-corrected chi connectivity index (χ2v) is 7.95. The van der Waals surface area contributed by atoms with Crippen molar-refractivity contribution in [2.24, 2.45) is 0 Å². The molecule has 2 aliphatic rings. The van der Waals surface area contributed by atoms with E-state index in [1.165, 1.54) is 18.2 Å². The minimum Gasteiger partial charge on any atom is -0.350 e. The smallest absolute Gasteiger partial charge is 0.271 e. The molecule has 4 rings (SSSR count). The van der Waals surface area contributed by atoms with E-state index in [9.17, 15) is 13.6 Å². The van der Waals surface area contributed by atoms with Crippen LogP contribution in [0.5, 0.6) is 0 Å². The number of piperidine rings is 1. The summed E-state index contributed by atoms with van der Waals surface area (Å²) >= 11 is 0. The highest BCUT2D eigenvalue weighted by Gasteiger charge is 2.40. The maximum absolute atomic E-state index is 14.4. The molecule has 2 fully saturated rings. The van der Waals surface area contributed by atoms with Crippen LogP contribution in [-0.4, -0.2) is 35.3 Å². The fourth-order valence-electron chi connectivity index (χ4n) is 4.63. The molecule has 150 valence electrons. The number of benzene rings is 1. The highest BCUT2D eigenvalue weighted by molar-refractivity contribution is 5.92. The van der Waals surface area contributed by atoms with Crippen LogP contribution in [0.2, 0.25) is 0 Å². The molecule has 1 saturated heterocycles. The van der Waals surface area contributed by atoms with Crippen LogP contribution in [0.4, 0.5) is 8.78 Å². The molecule has 28 heavy (non-hydrogen) atoms. The SMILES string of the molecule is O=C(NCC1(c2c(F)cccc2F)CCCC1)c1ccn(C2CCCNC2)n1. The molecular weight excluding hydrogens is 362 g/mol. The summed E-state index contributed by atoms with van der Waals surface area (Å²) in [6.45, 7) is 2.07. The van der Waals surface area contributed by atoms with Gasteiger partial charge >= 0.3 is 0 Å². The minimum atomic E-state index is -0.694. The molecule has 0 spiro atoms. The molecular formula is C21H26F2N4O. The van der Waals surface area contributed by atoms with Crippen LogP contribution >= 0.6 is 0 Å². The quantitative estimate of drug-likeness (QED) is 0.826. The zero-order valence-electron chi connectivity index (χ0n) is 15.9. The van der Waals surface area contributed by atoms with Crippen molar-refractivity contribution >= 4 is 5.91 Å². The molecule has 1 aromatic heterocycles. The second-order valence-electron chi connectivity index (χ2n) is 7.95. The van der Waals surface area contributed by atoms with Crippen LogP contribution in [0.15, 0.2) is 30.5 Å². The largest absolute Gasteiger partial charge is 0.350 e. The van der Waals surface area contributed by atoms with E-state index in [0.717, 1.165) is 38.8 Å². The van der Waals surface area contributed by atoms with E-state index in [2.05, 4.69) is 15.7 Å². The summed E-state index contributed by atoms with van der Waals surface area (Å²) in [6, 6.07) is 5.92. The van der Waals surface area contributed by atoms with Crippen molar-refractivity contribution in [3.8, 4) is 0 Å². The molecule has 2 aromatic rings. The van der Waals surface area contributed by atoms with Gasteiger partial charge in [0, 0.05) is 30.3 Å².